The Hall–Kier alpha value is -1.46. The Morgan fingerprint density at radius 1 is 1.00 bits per heavy atom. The van der Waals surface area contributed by atoms with Crippen LogP contribution in [0.1, 0.15) is 78.1 Å². The number of esters is 1. The van der Waals surface area contributed by atoms with E-state index >= 15 is 0 Å². The highest BCUT2D eigenvalue weighted by Crippen LogP contribution is 2.45. The molecule has 0 N–H and O–H groups in total. The van der Waals surface area contributed by atoms with Gasteiger partial charge in [-0.3, -0.25) is 4.79 Å². The van der Waals surface area contributed by atoms with Crippen molar-refractivity contribution >= 4 is 11.8 Å². The number of unbranched alkanes of at least 4 members (excludes halogenated alkanes) is 5. The molecule has 3 atom stereocenters. The summed E-state index contributed by atoms with van der Waals surface area (Å²) in [5.74, 6) is 1.03. The van der Waals surface area contributed by atoms with Crippen LogP contribution in [0.3, 0.4) is 0 Å². The number of carbonyl (C=O) groups is 2. The van der Waals surface area contributed by atoms with Gasteiger partial charge in [0, 0.05) is 38.2 Å². The second-order valence-electron chi connectivity index (χ2n) is 10.8. The molecule has 2 fully saturated rings. The first-order chi connectivity index (χ1) is 15.9. The van der Waals surface area contributed by atoms with Crippen LogP contribution in [0.2, 0.25) is 0 Å². The van der Waals surface area contributed by atoms with Crippen LogP contribution >= 0.6 is 0 Å². The van der Waals surface area contributed by atoms with Crippen LogP contribution in [-0.4, -0.2) is 67.9 Å². The molecular formula is C28H46N2O3. The van der Waals surface area contributed by atoms with Gasteiger partial charge in [0.1, 0.15) is 0 Å². The van der Waals surface area contributed by atoms with Gasteiger partial charge in [0.05, 0.1) is 6.61 Å². The molecule has 0 aromatic carbocycles. The van der Waals surface area contributed by atoms with Crippen molar-refractivity contribution in [3.8, 4) is 0 Å². The summed E-state index contributed by atoms with van der Waals surface area (Å²) >= 11 is 0. The second-order valence-corrected chi connectivity index (χ2v) is 10.8. The lowest BCUT2D eigenvalue weighted by atomic mass is 9.86. The minimum Gasteiger partial charge on any atom is -0.462 e. The number of piperazine rings is 1. The number of ketones is 1. The SMILES string of the molecule is C=C(C(=O)OCCCCCCCCN1CCN(C)CC1)[C@@H]1CC[C@H](C)[C@@H]2CC(=O)C(C)=C2C1. The lowest BCUT2D eigenvalue weighted by Crippen LogP contribution is -2.44. The van der Waals surface area contributed by atoms with Crippen molar-refractivity contribution in [2.24, 2.45) is 17.8 Å². The zero-order valence-corrected chi connectivity index (χ0v) is 21.4. The fourth-order valence-corrected chi connectivity index (χ4v) is 5.75. The topological polar surface area (TPSA) is 49.9 Å². The molecule has 2 aliphatic carbocycles. The van der Waals surface area contributed by atoms with E-state index in [4.69, 9.17) is 4.74 Å². The molecule has 3 rings (SSSR count). The van der Waals surface area contributed by atoms with E-state index in [1.807, 2.05) is 6.92 Å². The maximum atomic E-state index is 12.6. The van der Waals surface area contributed by atoms with E-state index in [1.54, 1.807) is 0 Å². The summed E-state index contributed by atoms with van der Waals surface area (Å²) in [5, 5.41) is 0. The first kappa shape index (κ1) is 26.2. The molecular weight excluding hydrogens is 412 g/mol. The zero-order chi connectivity index (χ0) is 23.8. The van der Waals surface area contributed by atoms with Crippen LogP contribution in [0.15, 0.2) is 23.3 Å². The molecule has 186 valence electrons. The molecule has 0 amide bonds. The molecule has 1 heterocycles. The predicted octanol–water partition coefficient (Wildman–Crippen LogP) is 5.02. The average molecular weight is 459 g/mol. The van der Waals surface area contributed by atoms with Gasteiger partial charge in [-0.15, -0.1) is 0 Å². The number of likely N-dealkylation sites (N-methyl/N-ethyl adjacent to an activating group) is 1. The van der Waals surface area contributed by atoms with Crippen molar-refractivity contribution < 1.29 is 14.3 Å². The van der Waals surface area contributed by atoms with Crippen LogP contribution in [0.4, 0.5) is 0 Å². The molecule has 0 radical (unpaired) electrons. The van der Waals surface area contributed by atoms with Gasteiger partial charge in [0.2, 0.25) is 0 Å². The molecule has 3 aliphatic rings. The molecule has 5 heteroatoms. The highest BCUT2D eigenvalue weighted by Gasteiger charge is 2.38. The van der Waals surface area contributed by atoms with E-state index < -0.39 is 0 Å². The van der Waals surface area contributed by atoms with Crippen molar-refractivity contribution in [3.63, 3.8) is 0 Å². The van der Waals surface area contributed by atoms with E-state index in [9.17, 15) is 9.59 Å². The number of nitrogens with zero attached hydrogens (tertiary/aromatic N) is 2. The maximum Gasteiger partial charge on any atom is 0.333 e. The molecule has 5 nitrogen and oxygen atoms in total. The van der Waals surface area contributed by atoms with Crippen LogP contribution in [0.25, 0.3) is 0 Å². The number of hydrogen-bond acceptors (Lipinski definition) is 5. The van der Waals surface area contributed by atoms with E-state index in [1.165, 1.54) is 64.0 Å². The summed E-state index contributed by atoms with van der Waals surface area (Å²) in [6.07, 6.45) is 10.6. The van der Waals surface area contributed by atoms with Crippen LogP contribution in [0.5, 0.6) is 0 Å². The van der Waals surface area contributed by atoms with Gasteiger partial charge in [-0.05, 0) is 75.9 Å². The molecule has 33 heavy (non-hydrogen) atoms. The largest absolute Gasteiger partial charge is 0.462 e. The van der Waals surface area contributed by atoms with Gasteiger partial charge in [0.25, 0.3) is 0 Å². The van der Waals surface area contributed by atoms with Crippen LogP contribution in [-0.2, 0) is 14.3 Å². The minimum atomic E-state index is -0.235. The number of carbonyl (C=O) groups excluding carboxylic acids is 2. The summed E-state index contributed by atoms with van der Waals surface area (Å²) in [6.45, 7) is 14.9. The zero-order valence-electron chi connectivity index (χ0n) is 21.4. The molecule has 1 aliphatic heterocycles. The number of allylic oxidation sites excluding steroid dienone is 2. The second kappa shape index (κ2) is 12.9. The van der Waals surface area contributed by atoms with Gasteiger partial charge in [-0.1, -0.05) is 44.8 Å². The monoisotopic (exact) mass is 458 g/mol. The van der Waals surface area contributed by atoms with Crippen molar-refractivity contribution in [1.29, 1.82) is 0 Å². The smallest absolute Gasteiger partial charge is 0.333 e. The summed E-state index contributed by atoms with van der Waals surface area (Å²) < 4.78 is 5.57. The Morgan fingerprint density at radius 3 is 2.39 bits per heavy atom. The molecule has 0 aromatic rings. The molecule has 0 unspecified atom stereocenters. The van der Waals surface area contributed by atoms with E-state index in [2.05, 4.69) is 30.4 Å². The Bertz CT molecular complexity index is 721. The quantitative estimate of drug-likeness (QED) is 0.247. The fourth-order valence-electron chi connectivity index (χ4n) is 5.75. The highest BCUT2D eigenvalue weighted by atomic mass is 16.5. The Balaban J connectivity index is 1.26. The lowest BCUT2D eigenvalue weighted by Gasteiger charge is -2.32. The Labute approximate surface area is 201 Å². The molecule has 0 bridgehead atoms. The van der Waals surface area contributed by atoms with E-state index in [-0.39, 0.29) is 17.7 Å². The molecule has 1 saturated heterocycles. The number of hydrogen-bond donors (Lipinski definition) is 0. The Kier molecular flexibility index (Phi) is 10.2. The van der Waals surface area contributed by atoms with Crippen LogP contribution in [0, 0.1) is 17.8 Å². The molecule has 0 aromatic heterocycles. The van der Waals surface area contributed by atoms with Gasteiger partial charge in [0.15, 0.2) is 5.78 Å². The highest BCUT2D eigenvalue weighted by molar-refractivity contribution is 5.98. The number of rotatable bonds is 11. The molecule has 0 spiro atoms. The van der Waals surface area contributed by atoms with E-state index in [0.29, 0.717) is 30.4 Å². The minimum absolute atomic E-state index is 0.112. The maximum absolute atomic E-state index is 12.6. The van der Waals surface area contributed by atoms with Crippen LogP contribution < -0.4 is 0 Å². The lowest BCUT2D eigenvalue weighted by molar-refractivity contribution is -0.139. The normalized spacial score (nSPS) is 26.9. The third-order valence-corrected chi connectivity index (χ3v) is 8.33. The first-order valence-electron chi connectivity index (χ1n) is 13.4. The summed E-state index contributed by atoms with van der Waals surface area (Å²) in [6, 6.07) is 0. The number of Topliss-reactive ketones (excluding diaryl/α,β-unsaturated/α-hetero) is 1. The van der Waals surface area contributed by atoms with E-state index in [0.717, 1.165) is 37.7 Å². The van der Waals surface area contributed by atoms with Gasteiger partial charge >= 0.3 is 5.97 Å². The van der Waals surface area contributed by atoms with Crippen molar-refractivity contribution in [3.05, 3.63) is 23.3 Å². The fraction of sp³-hybridized carbons (Fsp3) is 0.786. The summed E-state index contributed by atoms with van der Waals surface area (Å²) in [4.78, 5) is 29.8. The number of fused-ring (bicyclic) bond motifs is 1. The van der Waals surface area contributed by atoms with Crippen molar-refractivity contribution in [2.45, 2.75) is 78.1 Å². The Morgan fingerprint density at radius 2 is 1.67 bits per heavy atom. The van der Waals surface area contributed by atoms with Gasteiger partial charge in [-0.25, -0.2) is 4.79 Å². The summed E-state index contributed by atoms with van der Waals surface area (Å²) in [7, 11) is 2.20. The first-order valence-corrected chi connectivity index (χ1v) is 13.4. The average Bonchev–Trinajstić information content (AvgIpc) is 2.98. The van der Waals surface area contributed by atoms with Crippen molar-refractivity contribution in [1.82, 2.24) is 9.80 Å². The standard InChI is InChI=1S/C28H46N2O3/c1-21-11-12-24(19-26-23(3)27(31)20-25(21)26)22(2)28(32)33-18-10-8-6-5-7-9-13-30-16-14-29(4)15-17-30/h21,24-25H,2,5-20H2,1,3-4H3/t21-,24+,25-/m0/s1. The summed E-state index contributed by atoms with van der Waals surface area (Å²) in [5.41, 5.74) is 2.81. The number of ether oxygens (including phenoxy) is 1. The van der Waals surface area contributed by atoms with Gasteiger partial charge < -0.3 is 14.5 Å². The van der Waals surface area contributed by atoms with Gasteiger partial charge in [-0.2, -0.15) is 0 Å². The van der Waals surface area contributed by atoms with Crippen molar-refractivity contribution in [2.75, 3.05) is 46.4 Å². The third-order valence-electron chi connectivity index (χ3n) is 8.33. The molecule has 1 saturated carbocycles. The third kappa shape index (κ3) is 7.51. The predicted molar refractivity (Wildman–Crippen MR) is 134 cm³/mol.